The van der Waals surface area contributed by atoms with Crippen LogP contribution >= 0.6 is 0 Å². The fourth-order valence-corrected chi connectivity index (χ4v) is 5.45. The second-order valence-electron chi connectivity index (χ2n) is 7.88. The molecule has 0 aliphatic heterocycles. The molecule has 1 N–H and O–H groups in total. The molecule has 0 saturated carbocycles. The van der Waals surface area contributed by atoms with Crippen molar-refractivity contribution in [1.29, 1.82) is 5.26 Å². The Morgan fingerprint density at radius 2 is 1.77 bits per heavy atom. The minimum atomic E-state index is -3.07. The minimum absolute atomic E-state index is 0.153. The summed E-state index contributed by atoms with van der Waals surface area (Å²) in [5.41, 5.74) is -1.00. The Kier molecular flexibility index (Phi) is 6.78. The first kappa shape index (κ1) is 22.7. The molecule has 0 aliphatic carbocycles. The van der Waals surface area contributed by atoms with Crippen LogP contribution in [0.15, 0.2) is 28.6 Å². The Hall–Kier alpha value is -1.30. The van der Waals surface area contributed by atoms with E-state index in [2.05, 4.69) is 9.08 Å². The van der Waals surface area contributed by atoms with E-state index in [1.807, 2.05) is 6.07 Å². The summed E-state index contributed by atoms with van der Waals surface area (Å²) >= 11 is 0. The van der Waals surface area contributed by atoms with Crippen molar-refractivity contribution in [3.05, 3.63) is 35.6 Å². The summed E-state index contributed by atoms with van der Waals surface area (Å²) < 4.78 is 45.9. The van der Waals surface area contributed by atoms with Crippen LogP contribution < -0.4 is 4.72 Å². The van der Waals surface area contributed by atoms with Gasteiger partial charge in [0.05, 0.1) is 42.8 Å². The van der Waals surface area contributed by atoms with Gasteiger partial charge in [-0.2, -0.15) is 5.26 Å². The maximum Gasteiger partial charge on any atom is 0.135 e. The van der Waals surface area contributed by atoms with Crippen LogP contribution in [0.3, 0.4) is 0 Å². The zero-order chi connectivity index (χ0) is 20.4. The molecule has 0 bridgehead atoms. The number of nitrogens with one attached hydrogen (secondary N) is 1. The Balaban J connectivity index is 3.58. The zero-order valence-electron chi connectivity index (χ0n) is 16.4. The molecule has 0 aliphatic rings. The molecule has 0 radical (unpaired) electrons. The lowest BCUT2D eigenvalue weighted by molar-refractivity contribution is 0.456. The van der Waals surface area contributed by atoms with E-state index in [9.17, 15) is 18.1 Å². The second-order valence-corrected chi connectivity index (χ2v) is 12.8. The molecule has 1 aromatic rings. The normalized spacial score (nSPS) is 18.3. The van der Waals surface area contributed by atoms with E-state index in [-0.39, 0.29) is 11.3 Å². The molecule has 146 valence electrons. The molecule has 0 unspecified atom stereocenters. The number of nitriles is 1. The highest BCUT2D eigenvalue weighted by molar-refractivity contribution is 7.95. The minimum Gasteiger partial charge on any atom is -0.248 e. The zero-order valence-corrected chi connectivity index (χ0v) is 18.1. The summed E-state index contributed by atoms with van der Waals surface area (Å²) in [6, 6.07) is 8.13. The Morgan fingerprint density at radius 3 is 2.19 bits per heavy atom. The van der Waals surface area contributed by atoms with Crippen LogP contribution in [-0.4, -0.2) is 30.7 Å². The molecule has 5 nitrogen and oxygen atoms in total. The van der Waals surface area contributed by atoms with Gasteiger partial charge in [0, 0.05) is 12.6 Å². The van der Waals surface area contributed by atoms with Crippen molar-refractivity contribution in [1.82, 2.24) is 4.72 Å². The fraction of sp³-hybridized carbons (Fsp3) is 0.611. The quantitative estimate of drug-likeness (QED) is 0.792. The van der Waals surface area contributed by atoms with Crippen LogP contribution in [0.5, 0.6) is 0 Å². The molecule has 1 rings (SSSR count). The Morgan fingerprint density at radius 1 is 1.23 bits per heavy atom. The summed E-state index contributed by atoms with van der Waals surface area (Å²) in [5, 5.41) is 9.45. The topological polar surface area (TPSA) is 82.3 Å². The molecular weight excluding hydrogens is 373 g/mol. The fourth-order valence-electron chi connectivity index (χ4n) is 2.36. The first-order chi connectivity index (χ1) is 11.7. The van der Waals surface area contributed by atoms with Crippen molar-refractivity contribution in [3.63, 3.8) is 0 Å². The van der Waals surface area contributed by atoms with Gasteiger partial charge in [-0.1, -0.05) is 18.2 Å². The van der Waals surface area contributed by atoms with E-state index in [1.165, 1.54) is 13.1 Å². The number of benzene rings is 1. The molecule has 26 heavy (non-hydrogen) atoms. The summed E-state index contributed by atoms with van der Waals surface area (Å²) in [6.07, 6.45) is 0. The summed E-state index contributed by atoms with van der Waals surface area (Å²) in [6.45, 7) is 10.1. The maximum absolute atomic E-state index is 14.6. The molecule has 0 aromatic heterocycles. The number of hydrogen-bond acceptors (Lipinski definition) is 4. The van der Waals surface area contributed by atoms with Crippen molar-refractivity contribution in [2.24, 2.45) is 4.36 Å². The predicted molar refractivity (Wildman–Crippen MR) is 106 cm³/mol. The standard InChI is InChI=1S/C18H28FN3O2S2/c1-16(2,3)25(23)22-18(6,14-10-8-9-11-15(14)19)13-26(24,21-7)17(4,5)12-20/h8-11,22H,13H2,1-7H3/t18-,25+,26+/m0/s1. The number of rotatable bonds is 6. The third-order valence-corrected chi connectivity index (χ3v) is 9.18. The number of nitrogens with zero attached hydrogens (tertiary/aromatic N) is 2. The van der Waals surface area contributed by atoms with Crippen LogP contribution in [0.1, 0.15) is 47.1 Å². The van der Waals surface area contributed by atoms with Crippen molar-refractivity contribution in [3.8, 4) is 6.07 Å². The van der Waals surface area contributed by atoms with Crippen molar-refractivity contribution < 1.29 is 12.8 Å². The molecule has 0 saturated heterocycles. The largest absolute Gasteiger partial charge is 0.248 e. The highest BCUT2D eigenvalue weighted by atomic mass is 32.2. The second kappa shape index (κ2) is 7.75. The van der Waals surface area contributed by atoms with Gasteiger partial charge in [0.25, 0.3) is 0 Å². The average molecular weight is 402 g/mol. The van der Waals surface area contributed by atoms with E-state index in [0.29, 0.717) is 0 Å². The molecule has 3 atom stereocenters. The average Bonchev–Trinajstić information content (AvgIpc) is 2.53. The van der Waals surface area contributed by atoms with Gasteiger partial charge in [-0.05, 0) is 47.6 Å². The van der Waals surface area contributed by atoms with Gasteiger partial charge in [0.15, 0.2) is 0 Å². The predicted octanol–water partition coefficient (Wildman–Crippen LogP) is 3.49. The smallest absolute Gasteiger partial charge is 0.135 e. The van der Waals surface area contributed by atoms with Gasteiger partial charge in [-0.25, -0.2) is 21.9 Å². The molecular formula is C18H28FN3O2S2. The van der Waals surface area contributed by atoms with Gasteiger partial charge in [0.1, 0.15) is 10.6 Å². The first-order valence-corrected chi connectivity index (χ1v) is 11.0. The third kappa shape index (κ3) is 4.70. The van der Waals surface area contributed by atoms with E-state index in [0.717, 1.165) is 0 Å². The maximum atomic E-state index is 14.6. The lowest BCUT2D eigenvalue weighted by Gasteiger charge is -2.36. The lowest BCUT2D eigenvalue weighted by atomic mass is 9.95. The summed E-state index contributed by atoms with van der Waals surface area (Å²) in [5.74, 6) is -0.652. The molecule has 0 fully saturated rings. The SMILES string of the molecule is CN=[S@@](=O)(C[C@](C)(N[S@](=O)C(C)(C)C)c1ccccc1F)C(C)(C)C#N. The van der Waals surface area contributed by atoms with E-state index < -0.39 is 41.6 Å². The van der Waals surface area contributed by atoms with Crippen molar-refractivity contribution in [2.75, 3.05) is 12.8 Å². The van der Waals surface area contributed by atoms with Gasteiger partial charge >= 0.3 is 0 Å². The third-order valence-electron chi connectivity index (χ3n) is 4.19. The van der Waals surface area contributed by atoms with Crippen LogP contribution in [0, 0.1) is 17.1 Å². The monoisotopic (exact) mass is 401 g/mol. The Labute approximate surface area is 159 Å². The van der Waals surface area contributed by atoms with Crippen LogP contribution in [0.4, 0.5) is 4.39 Å². The van der Waals surface area contributed by atoms with Gasteiger partial charge < -0.3 is 0 Å². The Bertz CT molecular complexity index is 847. The van der Waals surface area contributed by atoms with Crippen molar-refractivity contribution in [2.45, 2.75) is 56.6 Å². The highest BCUT2D eigenvalue weighted by Crippen LogP contribution is 2.32. The summed E-state index contributed by atoms with van der Waals surface area (Å²) in [7, 11) is -3.22. The van der Waals surface area contributed by atoms with Gasteiger partial charge in [-0.3, -0.25) is 0 Å². The molecule has 0 amide bonds. The van der Waals surface area contributed by atoms with Crippen LogP contribution in [0.25, 0.3) is 0 Å². The van der Waals surface area contributed by atoms with E-state index in [4.69, 9.17) is 0 Å². The van der Waals surface area contributed by atoms with Crippen LogP contribution in [-0.2, 0) is 26.3 Å². The molecule has 8 heteroatoms. The van der Waals surface area contributed by atoms with Crippen molar-refractivity contribution >= 4 is 20.7 Å². The number of hydrogen-bond donors (Lipinski definition) is 1. The number of halogens is 1. The highest BCUT2D eigenvalue weighted by Gasteiger charge is 2.42. The molecule has 1 aromatic carbocycles. The van der Waals surface area contributed by atoms with Gasteiger partial charge in [0.2, 0.25) is 0 Å². The first-order valence-electron chi connectivity index (χ1n) is 8.21. The lowest BCUT2D eigenvalue weighted by Crippen LogP contribution is -2.52. The van der Waals surface area contributed by atoms with E-state index in [1.54, 1.807) is 59.7 Å². The van der Waals surface area contributed by atoms with E-state index >= 15 is 0 Å². The summed E-state index contributed by atoms with van der Waals surface area (Å²) in [4.78, 5) is 0. The van der Waals surface area contributed by atoms with Crippen LogP contribution in [0.2, 0.25) is 0 Å². The molecule has 0 heterocycles. The van der Waals surface area contributed by atoms with Gasteiger partial charge in [-0.15, -0.1) is 0 Å². The molecule has 0 spiro atoms.